The first kappa shape index (κ1) is 13.1. The highest BCUT2D eigenvalue weighted by atomic mass is 16.5. The summed E-state index contributed by atoms with van der Waals surface area (Å²) in [7, 11) is 1.70. The van der Waals surface area contributed by atoms with Crippen molar-refractivity contribution >= 4 is 17.6 Å². The van der Waals surface area contributed by atoms with Crippen molar-refractivity contribution < 1.29 is 14.3 Å². The maximum atomic E-state index is 12.1. The number of hydrogen-bond acceptors (Lipinski definition) is 4. The molecule has 0 saturated carbocycles. The number of benzene rings is 1. The molecule has 0 aliphatic carbocycles. The molecule has 0 atom stereocenters. The van der Waals surface area contributed by atoms with Gasteiger partial charge in [0.25, 0.3) is 5.91 Å². The monoisotopic (exact) mass is 260 g/mol. The Morgan fingerprint density at radius 1 is 1.47 bits per heavy atom. The Morgan fingerprint density at radius 2 is 2.21 bits per heavy atom. The third kappa shape index (κ3) is 2.93. The molecule has 0 spiro atoms. The van der Waals surface area contributed by atoms with Gasteiger partial charge in [-0.2, -0.15) is 0 Å². The predicted molar refractivity (Wildman–Crippen MR) is 71.7 cm³/mol. The molecule has 5 heteroatoms. The van der Waals surface area contributed by atoms with Gasteiger partial charge in [0, 0.05) is 18.8 Å². The van der Waals surface area contributed by atoms with Gasteiger partial charge in [-0.25, -0.2) is 4.79 Å². The molecule has 1 aliphatic rings. The molecule has 0 fully saturated rings. The summed E-state index contributed by atoms with van der Waals surface area (Å²) in [5.41, 5.74) is 1.93. The molecule has 2 rings (SSSR count). The molecule has 0 radical (unpaired) electrons. The maximum absolute atomic E-state index is 12.1. The Hall–Kier alpha value is -2.30. The van der Waals surface area contributed by atoms with Gasteiger partial charge in [0.05, 0.1) is 24.4 Å². The molecule has 5 nitrogen and oxygen atoms in total. The number of likely N-dealkylation sites (N-methyl/N-ethyl adjacent to an activating group) is 1. The average molecular weight is 260 g/mol. The van der Waals surface area contributed by atoms with Gasteiger partial charge in [-0.3, -0.25) is 4.79 Å². The Bertz CT molecular complexity index is 537. The topological polar surface area (TPSA) is 58.6 Å². The van der Waals surface area contributed by atoms with Gasteiger partial charge in [-0.1, -0.05) is 12.1 Å². The smallest absolute Gasteiger partial charge is 0.332 e. The van der Waals surface area contributed by atoms with E-state index in [2.05, 4.69) is 5.32 Å². The zero-order chi connectivity index (χ0) is 13.8. The lowest BCUT2D eigenvalue weighted by molar-refractivity contribution is -0.137. The van der Waals surface area contributed by atoms with Crippen LogP contribution in [0.4, 0.5) is 5.69 Å². The third-order valence-electron chi connectivity index (χ3n) is 2.79. The van der Waals surface area contributed by atoms with Gasteiger partial charge >= 0.3 is 5.97 Å². The lowest BCUT2D eigenvalue weighted by Gasteiger charge is -2.14. The minimum absolute atomic E-state index is 0.0737. The summed E-state index contributed by atoms with van der Waals surface area (Å²) in [5.74, 6) is -0.486. The second kappa shape index (κ2) is 5.56. The maximum Gasteiger partial charge on any atom is 0.332 e. The van der Waals surface area contributed by atoms with Crippen molar-refractivity contribution in [3.8, 4) is 0 Å². The van der Waals surface area contributed by atoms with Crippen molar-refractivity contribution in [2.75, 3.05) is 25.5 Å². The molecular formula is C14H16N2O3. The van der Waals surface area contributed by atoms with Crippen LogP contribution in [-0.2, 0) is 9.53 Å². The Balaban J connectivity index is 2.32. The fraction of sp³-hybridized carbons (Fsp3) is 0.286. The summed E-state index contributed by atoms with van der Waals surface area (Å²) in [5, 5.41) is 3.11. The Morgan fingerprint density at radius 3 is 2.95 bits per heavy atom. The quantitative estimate of drug-likeness (QED) is 0.648. The number of carbonyl (C=O) groups is 2. The molecule has 100 valence electrons. The van der Waals surface area contributed by atoms with Gasteiger partial charge in [0.1, 0.15) is 0 Å². The summed E-state index contributed by atoms with van der Waals surface area (Å²) < 4.78 is 4.88. The number of amides is 1. The molecular weight excluding hydrogens is 244 g/mol. The third-order valence-corrected chi connectivity index (χ3v) is 2.79. The van der Waals surface area contributed by atoms with Crippen LogP contribution in [0.3, 0.4) is 0 Å². The van der Waals surface area contributed by atoms with Crippen LogP contribution in [0, 0.1) is 0 Å². The van der Waals surface area contributed by atoms with Gasteiger partial charge in [-0.15, -0.1) is 0 Å². The number of hydrogen-bond donors (Lipinski definition) is 1. The van der Waals surface area contributed by atoms with E-state index < -0.39 is 5.97 Å². The number of nitrogens with zero attached hydrogens (tertiary/aromatic N) is 1. The van der Waals surface area contributed by atoms with Crippen LogP contribution < -0.4 is 5.32 Å². The standard InChI is InChI=1S/C14H16N2O3/c1-3-19-13(17)8-10-9-16(2)14(18)11-6-4-5-7-12(11)15-10/h4-8,15H,3,9H2,1-2H3. The molecule has 1 aromatic carbocycles. The van der Waals surface area contributed by atoms with Gasteiger partial charge in [-0.05, 0) is 19.1 Å². The Labute approximate surface area is 111 Å². The van der Waals surface area contributed by atoms with Crippen LogP contribution in [0.25, 0.3) is 0 Å². The SMILES string of the molecule is CCOC(=O)C=C1CN(C)C(=O)c2ccccc2N1. The van der Waals surface area contributed by atoms with Gasteiger partial charge in [0.2, 0.25) is 0 Å². The van der Waals surface area contributed by atoms with Crippen LogP contribution in [0.2, 0.25) is 0 Å². The first-order valence-corrected chi connectivity index (χ1v) is 6.10. The van der Waals surface area contributed by atoms with E-state index >= 15 is 0 Å². The number of anilines is 1. The van der Waals surface area contributed by atoms with E-state index in [1.165, 1.54) is 6.08 Å². The lowest BCUT2D eigenvalue weighted by atomic mass is 10.1. The van der Waals surface area contributed by atoms with Crippen LogP contribution >= 0.6 is 0 Å². The van der Waals surface area contributed by atoms with Crippen molar-refractivity contribution in [3.05, 3.63) is 41.6 Å². The van der Waals surface area contributed by atoms with Gasteiger partial charge in [0.15, 0.2) is 0 Å². The fourth-order valence-corrected chi connectivity index (χ4v) is 1.93. The largest absolute Gasteiger partial charge is 0.463 e. The van der Waals surface area contributed by atoms with E-state index in [-0.39, 0.29) is 5.91 Å². The van der Waals surface area contributed by atoms with Crippen LogP contribution in [-0.4, -0.2) is 37.0 Å². The molecule has 1 N–H and O–H groups in total. The molecule has 1 heterocycles. The summed E-state index contributed by atoms with van der Waals surface area (Å²) in [6.07, 6.45) is 1.38. The first-order valence-electron chi connectivity index (χ1n) is 6.10. The molecule has 0 aromatic heterocycles. The number of nitrogens with one attached hydrogen (secondary N) is 1. The van der Waals surface area contributed by atoms with Crippen LogP contribution in [0.15, 0.2) is 36.0 Å². The van der Waals surface area contributed by atoms with Crippen molar-refractivity contribution in [2.45, 2.75) is 6.92 Å². The van der Waals surface area contributed by atoms with Crippen molar-refractivity contribution in [3.63, 3.8) is 0 Å². The van der Waals surface area contributed by atoms with E-state index in [4.69, 9.17) is 4.74 Å². The lowest BCUT2D eigenvalue weighted by Crippen LogP contribution is -2.27. The number of ether oxygens (including phenoxy) is 1. The van der Waals surface area contributed by atoms with E-state index in [1.807, 2.05) is 18.2 Å². The van der Waals surface area contributed by atoms with E-state index in [0.717, 1.165) is 0 Å². The molecule has 0 saturated heterocycles. The summed E-state index contributed by atoms with van der Waals surface area (Å²) in [6.45, 7) is 2.42. The van der Waals surface area contributed by atoms with E-state index in [9.17, 15) is 9.59 Å². The summed E-state index contributed by atoms with van der Waals surface area (Å²) in [4.78, 5) is 25.2. The molecule has 1 amide bonds. The highest BCUT2D eigenvalue weighted by Gasteiger charge is 2.21. The molecule has 19 heavy (non-hydrogen) atoms. The normalized spacial score (nSPS) is 16.6. The molecule has 1 aliphatic heterocycles. The van der Waals surface area contributed by atoms with Gasteiger partial charge < -0.3 is 15.0 Å². The number of esters is 1. The zero-order valence-electron chi connectivity index (χ0n) is 11.0. The summed E-state index contributed by atoms with van der Waals surface area (Å²) >= 11 is 0. The number of para-hydroxylation sites is 1. The fourth-order valence-electron chi connectivity index (χ4n) is 1.93. The molecule has 0 bridgehead atoms. The second-order valence-corrected chi connectivity index (χ2v) is 4.25. The minimum atomic E-state index is -0.412. The summed E-state index contributed by atoms with van der Waals surface area (Å²) in [6, 6.07) is 7.22. The van der Waals surface area contributed by atoms with E-state index in [0.29, 0.717) is 30.1 Å². The zero-order valence-corrected chi connectivity index (χ0v) is 11.0. The minimum Gasteiger partial charge on any atom is -0.463 e. The van der Waals surface area contributed by atoms with Crippen molar-refractivity contribution in [1.82, 2.24) is 4.90 Å². The van der Waals surface area contributed by atoms with Crippen molar-refractivity contribution in [2.24, 2.45) is 0 Å². The second-order valence-electron chi connectivity index (χ2n) is 4.25. The van der Waals surface area contributed by atoms with E-state index in [1.54, 1.807) is 24.9 Å². The molecule has 0 unspecified atom stereocenters. The average Bonchev–Trinajstić information content (AvgIpc) is 2.48. The molecule has 1 aromatic rings. The number of rotatable bonds is 2. The Kier molecular flexibility index (Phi) is 3.85. The number of fused-ring (bicyclic) bond motifs is 1. The predicted octanol–water partition coefficient (Wildman–Crippen LogP) is 1.63. The first-order chi connectivity index (χ1) is 9.11. The van der Waals surface area contributed by atoms with Crippen LogP contribution in [0.5, 0.6) is 0 Å². The highest BCUT2D eigenvalue weighted by molar-refractivity contribution is 6.01. The van der Waals surface area contributed by atoms with Crippen LogP contribution in [0.1, 0.15) is 17.3 Å². The number of carbonyl (C=O) groups excluding carboxylic acids is 2. The van der Waals surface area contributed by atoms with Crippen molar-refractivity contribution in [1.29, 1.82) is 0 Å². The highest BCUT2D eigenvalue weighted by Crippen LogP contribution is 2.22.